The first-order valence-electron chi connectivity index (χ1n) is 5.24. The topological polar surface area (TPSA) is 52.8 Å². The fraction of sp³-hybridized carbons (Fsp3) is 0.154. The molecule has 0 bridgehead atoms. The van der Waals surface area contributed by atoms with Gasteiger partial charge in [0.15, 0.2) is 0 Å². The van der Waals surface area contributed by atoms with Gasteiger partial charge in [-0.05, 0) is 19.1 Å². The molecule has 0 radical (unpaired) electrons. The molecule has 0 unspecified atom stereocenters. The van der Waals surface area contributed by atoms with Crippen LogP contribution in [0.4, 0.5) is 11.5 Å². The van der Waals surface area contributed by atoms with Crippen LogP contribution in [0.25, 0.3) is 0 Å². The number of benzene rings is 1. The Hall–Kier alpha value is -2.41. The Morgan fingerprint density at radius 3 is 2.71 bits per heavy atom. The van der Waals surface area contributed by atoms with Gasteiger partial charge in [-0.15, -0.1) is 0 Å². The fourth-order valence-electron chi connectivity index (χ4n) is 1.61. The van der Waals surface area contributed by atoms with Gasteiger partial charge >= 0.3 is 0 Å². The summed E-state index contributed by atoms with van der Waals surface area (Å²) in [6.07, 6.45) is 1.52. The summed E-state index contributed by atoms with van der Waals surface area (Å²) in [5.41, 5.74) is 2.37. The van der Waals surface area contributed by atoms with Gasteiger partial charge in [-0.1, -0.05) is 12.1 Å². The summed E-state index contributed by atoms with van der Waals surface area (Å²) in [5.74, 6) is 0.778. The minimum atomic E-state index is 0.631. The van der Waals surface area contributed by atoms with Gasteiger partial charge in [0.05, 0.1) is 11.3 Å². The number of aromatic nitrogens is 2. The molecule has 0 aliphatic heterocycles. The summed E-state index contributed by atoms with van der Waals surface area (Å²) in [6, 6.07) is 11.5. The molecule has 0 amide bonds. The number of hydrogen-bond donors (Lipinski definition) is 0. The lowest BCUT2D eigenvalue weighted by Gasteiger charge is -2.19. The molecule has 84 valence electrons. The zero-order chi connectivity index (χ0) is 12.3. The number of rotatable bonds is 2. The fourth-order valence-corrected chi connectivity index (χ4v) is 1.61. The summed E-state index contributed by atoms with van der Waals surface area (Å²) in [7, 11) is 1.89. The number of para-hydroxylation sites is 1. The highest BCUT2D eigenvalue weighted by molar-refractivity contribution is 5.66. The highest BCUT2D eigenvalue weighted by Crippen LogP contribution is 2.24. The van der Waals surface area contributed by atoms with Crippen LogP contribution in [0, 0.1) is 18.3 Å². The maximum atomic E-state index is 9.06. The van der Waals surface area contributed by atoms with Gasteiger partial charge < -0.3 is 4.90 Å². The Kier molecular flexibility index (Phi) is 3.01. The third-order valence-corrected chi connectivity index (χ3v) is 2.52. The molecule has 0 N–H and O–H groups in total. The van der Waals surface area contributed by atoms with E-state index >= 15 is 0 Å². The van der Waals surface area contributed by atoms with Crippen LogP contribution >= 0.6 is 0 Å². The quantitative estimate of drug-likeness (QED) is 0.786. The minimum absolute atomic E-state index is 0.631. The minimum Gasteiger partial charge on any atom is -0.328 e. The van der Waals surface area contributed by atoms with Crippen molar-refractivity contribution >= 4 is 11.5 Å². The summed E-state index contributed by atoms with van der Waals surface area (Å²) in [6.45, 7) is 1.91. The molecule has 2 rings (SSSR count). The number of nitriles is 1. The molecule has 4 nitrogen and oxygen atoms in total. The average Bonchev–Trinajstić information content (AvgIpc) is 2.38. The predicted molar refractivity (Wildman–Crippen MR) is 66.0 cm³/mol. The van der Waals surface area contributed by atoms with Gasteiger partial charge in [0.2, 0.25) is 0 Å². The van der Waals surface area contributed by atoms with Crippen LogP contribution in [0.3, 0.4) is 0 Å². The Morgan fingerprint density at radius 1 is 1.24 bits per heavy atom. The monoisotopic (exact) mass is 224 g/mol. The maximum absolute atomic E-state index is 9.06. The molecule has 0 saturated heterocycles. The molecule has 4 heteroatoms. The predicted octanol–water partition coefficient (Wildman–Crippen LogP) is 2.42. The second-order valence-corrected chi connectivity index (χ2v) is 3.71. The van der Waals surface area contributed by atoms with Gasteiger partial charge in [0, 0.05) is 18.8 Å². The second kappa shape index (κ2) is 4.62. The number of hydrogen-bond acceptors (Lipinski definition) is 4. The van der Waals surface area contributed by atoms with Crippen molar-refractivity contribution in [3.8, 4) is 6.07 Å². The Balaban J connectivity index is 2.44. The van der Waals surface area contributed by atoms with Crippen molar-refractivity contribution in [3.63, 3.8) is 0 Å². The zero-order valence-electron chi connectivity index (χ0n) is 9.75. The number of anilines is 2. The van der Waals surface area contributed by atoms with Crippen molar-refractivity contribution in [2.75, 3.05) is 11.9 Å². The van der Waals surface area contributed by atoms with E-state index in [4.69, 9.17) is 5.26 Å². The van der Waals surface area contributed by atoms with Crippen LogP contribution in [0.2, 0.25) is 0 Å². The van der Waals surface area contributed by atoms with Crippen molar-refractivity contribution in [2.24, 2.45) is 0 Å². The third-order valence-electron chi connectivity index (χ3n) is 2.52. The molecule has 1 heterocycles. The van der Waals surface area contributed by atoms with Crippen LogP contribution in [-0.4, -0.2) is 17.0 Å². The first-order valence-corrected chi connectivity index (χ1v) is 5.24. The maximum Gasteiger partial charge on any atom is 0.136 e. The largest absolute Gasteiger partial charge is 0.328 e. The smallest absolute Gasteiger partial charge is 0.136 e. The zero-order valence-corrected chi connectivity index (χ0v) is 9.75. The second-order valence-electron chi connectivity index (χ2n) is 3.71. The molecule has 1 aromatic carbocycles. The van der Waals surface area contributed by atoms with E-state index in [2.05, 4.69) is 16.0 Å². The molecule has 0 aliphatic rings. The highest BCUT2D eigenvalue weighted by atomic mass is 15.2. The standard InChI is InChI=1S/C13H12N4/c1-10-7-13(16-9-15-10)17(2)12-6-4-3-5-11(12)8-14/h3-7,9H,1-2H3. The van der Waals surface area contributed by atoms with E-state index in [-0.39, 0.29) is 0 Å². The van der Waals surface area contributed by atoms with Crippen LogP contribution in [0.1, 0.15) is 11.3 Å². The van der Waals surface area contributed by atoms with Crippen LogP contribution in [-0.2, 0) is 0 Å². The van der Waals surface area contributed by atoms with E-state index in [1.807, 2.05) is 43.1 Å². The summed E-state index contributed by atoms with van der Waals surface area (Å²) in [5, 5.41) is 9.06. The lowest BCUT2D eigenvalue weighted by molar-refractivity contribution is 1.04. The normalized spacial score (nSPS) is 9.71. The summed E-state index contributed by atoms with van der Waals surface area (Å²) < 4.78 is 0. The van der Waals surface area contributed by atoms with Gasteiger partial charge in [0.25, 0.3) is 0 Å². The van der Waals surface area contributed by atoms with E-state index in [1.54, 1.807) is 6.07 Å². The van der Waals surface area contributed by atoms with Crippen LogP contribution < -0.4 is 4.90 Å². The molecule has 17 heavy (non-hydrogen) atoms. The first kappa shape index (κ1) is 11.1. The van der Waals surface area contributed by atoms with Crippen molar-refractivity contribution in [1.29, 1.82) is 5.26 Å². The SMILES string of the molecule is Cc1cc(N(C)c2ccccc2C#N)ncn1. The van der Waals surface area contributed by atoms with E-state index in [0.717, 1.165) is 17.2 Å². The number of nitrogens with zero attached hydrogens (tertiary/aromatic N) is 4. The number of aryl methyl sites for hydroxylation is 1. The van der Waals surface area contributed by atoms with Gasteiger partial charge in [0.1, 0.15) is 18.2 Å². The molecular weight excluding hydrogens is 212 g/mol. The molecule has 1 aromatic heterocycles. The van der Waals surface area contributed by atoms with E-state index in [0.29, 0.717) is 5.56 Å². The first-order chi connectivity index (χ1) is 8.22. The molecular formula is C13H12N4. The molecule has 0 saturated carbocycles. The van der Waals surface area contributed by atoms with Crippen molar-refractivity contribution in [3.05, 3.63) is 47.9 Å². The lowest BCUT2D eigenvalue weighted by Crippen LogP contribution is -2.12. The molecule has 0 aliphatic carbocycles. The van der Waals surface area contributed by atoms with Crippen LogP contribution in [0.15, 0.2) is 36.7 Å². The summed E-state index contributed by atoms with van der Waals surface area (Å²) in [4.78, 5) is 10.1. The lowest BCUT2D eigenvalue weighted by atomic mass is 10.2. The third kappa shape index (κ3) is 2.23. The molecule has 0 fully saturated rings. The molecule has 0 spiro atoms. The van der Waals surface area contributed by atoms with Crippen molar-refractivity contribution in [2.45, 2.75) is 6.92 Å². The average molecular weight is 224 g/mol. The van der Waals surface area contributed by atoms with E-state index in [9.17, 15) is 0 Å². The van der Waals surface area contributed by atoms with Crippen molar-refractivity contribution in [1.82, 2.24) is 9.97 Å². The summed E-state index contributed by atoms with van der Waals surface area (Å²) >= 11 is 0. The van der Waals surface area contributed by atoms with Crippen LogP contribution in [0.5, 0.6) is 0 Å². The van der Waals surface area contributed by atoms with Gasteiger partial charge in [-0.2, -0.15) is 5.26 Å². The van der Waals surface area contributed by atoms with E-state index < -0.39 is 0 Å². The Bertz CT molecular complexity index is 572. The van der Waals surface area contributed by atoms with Crippen molar-refractivity contribution < 1.29 is 0 Å². The Morgan fingerprint density at radius 2 is 2.00 bits per heavy atom. The highest BCUT2D eigenvalue weighted by Gasteiger charge is 2.09. The molecule has 0 atom stereocenters. The van der Waals surface area contributed by atoms with Gasteiger partial charge in [-0.3, -0.25) is 0 Å². The Labute approximate surface area is 100 Å². The molecule has 2 aromatic rings. The van der Waals surface area contributed by atoms with Gasteiger partial charge in [-0.25, -0.2) is 9.97 Å². The van der Waals surface area contributed by atoms with E-state index in [1.165, 1.54) is 6.33 Å².